The maximum absolute atomic E-state index is 13.0. The Balaban J connectivity index is 0.000000205. The second kappa shape index (κ2) is 7.24. The van der Waals surface area contributed by atoms with Crippen LogP contribution in [-0.4, -0.2) is 9.97 Å². The number of hydrogen-bond donors (Lipinski definition) is 0. The van der Waals surface area contributed by atoms with E-state index in [-0.39, 0.29) is 5.56 Å². The molecule has 0 amide bonds. The van der Waals surface area contributed by atoms with E-state index in [4.69, 9.17) is 5.26 Å². The van der Waals surface area contributed by atoms with Crippen molar-refractivity contribution < 1.29 is 4.39 Å². The average Bonchev–Trinajstić information content (AvgIpc) is 3.13. The molecule has 20 heavy (non-hydrogen) atoms. The Morgan fingerprint density at radius 2 is 1.90 bits per heavy atom. The third-order valence-corrected chi connectivity index (χ3v) is 4.31. The van der Waals surface area contributed by atoms with Gasteiger partial charge in [0, 0.05) is 28.7 Å². The lowest BCUT2D eigenvalue weighted by molar-refractivity contribution is 0.624. The van der Waals surface area contributed by atoms with Crippen molar-refractivity contribution in [2.24, 2.45) is 0 Å². The van der Waals surface area contributed by atoms with Crippen molar-refractivity contribution in [3.8, 4) is 16.6 Å². The van der Waals surface area contributed by atoms with Gasteiger partial charge >= 0.3 is 0 Å². The summed E-state index contributed by atoms with van der Waals surface area (Å²) in [5.41, 5.74) is 0.829. The van der Waals surface area contributed by atoms with E-state index in [9.17, 15) is 4.39 Å². The molecule has 100 valence electrons. The number of thiazole rings is 2. The van der Waals surface area contributed by atoms with Crippen LogP contribution in [0, 0.1) is 17.1 Å². The minimum absolute atomic E-state index is 0.0534. The molecule has 0 bridgehead atoms. The summed E-state index contributed by atoms with van der Waals surface area (Å²) in [4.78, 5) is 7.93. The smallest absolute Gasteiger partial charge is 0.159 e. The van der Waals surface area contributed by atoms with Crippen LogP contribution in [0.3, 0.4) is 0 Å². The summed E-state index contributed by atoms with van der Waals surface area (Å²) in [7, 11) is 0. The summed E-state index contributed by atoms with van der Waals surface area (Å²) in [6.45, 7) is 0. The van der Waals surface area contributed by atoms with Gasteiger partial charge in [-0.05, 0) is 34.1 Å². The number of rotatable bonds is 1. The SMILES string of the molecule is Brc1nccs1.N#Cc1cc(-c2nccs2)ccc1F. The number of nitriles is 1. The highest BCUT2D eigenvalue weighted by molar-refractivity contribution is 9.11. The minimum atomic E-state index is -0.493. The van der Waals surface area contributed by atoms with Crippen molar-refractivity contribution in [1.29, 1.82) is 5.26 Å². The van der Waals surface area contributed by atoms with Crippen molar-refractivity contribution in [2.75, 3.05) is 0 Å². The maximum atomic E-state index is 13.0. The summed E-state index contributed by atoms with van der Waals surface area (Å²) in [6, 6.07) is 6.21. The molecule has 0 atom stereocenters. The van der Waals surface area contributed by atoms with Crippen LogP contribution in [0.25, 0.3) is 10.6 Å². The van der Waals surface area contributed by atoms with Gasteiger partial charge in [0.25, 0.3) is 0 Å². The lowest BCUT2D eigenvalue weighted by atomic mass is 10.1. The highest BCUT2D eigenvalue weighted by atomic mass is 79.9. The van der Waals surface area contributed by atoms with Crippen LogP contribution >= 0.6 is 38.6 Å². The van der Waals surface area contributed by atoms with Gasteiger partial charge in [-0.25, -0.2) is 14.4 Å². The fourth-order valence-corrected chi connectivity index (χ4v) is 2.75. The van der Waals surface area contributed by atoms with Gasteiger partial charge in [-0.1, -0.05) is 0 Å². The Labute approximate surface area is 131 Å². The van der Waals surface area contributed by atoms with Crippen LogP contribution in [0.1, 0.15) is 5.56 Å². The first-order chi connectivity index (χ1) is 9.70. The van der Waals surface area contributed by atoms with E-state index in [1.165, 1.54) is 23.5 Å². The molecule has 0 aliphatic carbocycles. The van der Waals surface area contributed by atoms with Crippen molar-refractivity contribution in [1.82, 2.24) is 9.97 Å². The van der Waals surface area contributed by atoms with Gasteiger partial charge in [-0.2, -0.15) is 5.26 Å². The Hall–Kier alpha value is -1.62. The van der Waals surface area contributed by atoms with Gasteiger partial charge in [0.15, 0.2) is 3.92 Å². The third kappa shape index (κ3) is 3.93. The maximum Gasteiger partial charge on any atom is 0.159 e. The molecule has 3 nitrogen and oxygen atoms in total. The Bertz CT molecular complexity index is 706. The van der Waals surface area contributed by atoms with Crippen LogP contribution < -0.4 is 0 Å². The highest BCUT2D eigenvalue weighted by Crippen LogP contribution is 2.23. The van der Waals surface area contributed by atoms with E-state index < -0.39 is 5.82 Å². The molecule has 2 aromatic heterocycles. The molecule has 0 aliphatic heterocycles. The van der Waals surface area contributed by atoms with Crippen LogP contribution in [-0.2, 0) is 0 Å². The molecule has 0 spiro atoms. The molecule has 0 fully saturated rings. The van der Waals surface area contributed by atoms with E-state index in [0.717, 1.165) is 14.5 Å². The molecular weight excluding hydrogens is 361 g/mol. The monoisotopic (exact) mass is 367 g/mol. The number of halogens is 2. The molecular formula is C13H7BrFN3S2. The first-order valence-electron chi connectivity index (χ1n) is 5.35. The molecule has 0 saturated carbocycles. The molecule has 0 saturated heterocycles. The summed E-state index contributed by atoms with van der Waals surface area (Å²) in [6.07, 6.45) is 3.43. The molecule has 0 N–H and O–H groups in total. The van der Waals surface area contributed by atoms with E-state index >= 15 is 0 Å². The standard InChI is InChI=1S/C10H5FN2S.C3H2BrNS/c11-9-2-1-7(5-8(9)6-12)10-13-3-4-14-10;4-3-5-1-2-6-3/h1-5H;1-2H. The zero-order valence-electron chi connectivity index (χ0n) is 9.96. The van der Waals surface area contributed by atoms with E-state index in [0.29, 0.717) is 0 Å². The second-order valence-electron chi connectivity index (χ2n) is 3.43. The van der Waals surface area contributed by atoms with E-state index in [1.807, 2.05) is 10.8 Å². The van der Waals surface area contributed by atoms with Gasteiger partial charge in [0.05, 0.1) is 5.56 Å². The predicted octanol–water partition coefficient (Wildman–Crippen LogP) is 4.73. The summed E-state index contributed by atoms with van der Waals surface area (Å²) < 4.78 is 13.9. The lowest BCUT2D eigenvalue weighted by Crippen LogP contribution is -1.84. The predicted molar refractivity (Wildman–Crippen MR) is 82.0 cm³/mol. The Morgan fingerprint density at radius 1 is 1.15 bits per heavy atom. The van der Waals surface area contributed by atoms with Gasteiger partial charge in [0.1, 0.15) is 16.9 Å². The molecule has 7 heteroatoms. The van der Waals surface area contributed by atoms with Gasteiger partial charge in [0.2, 0.25) is 0 Å². The number of aromatic nitrogens is 2. The van der Waals surface area contributed by atoms with Gasteiger partial charge in [-0.15, -0.1) is 22.7 Å². The molecule has 0 aliphatic rings. The van der Waals surface area contributed by atoms with Crippen LogP contribution in [0.5, 0.6) is 0 Å². The summed E-state index contributed by atoms with van der Waals surface area (Å²) >= 11 is 6.23. The first kappa shape index (κ1) is 14.8. The zero-order chi connectivity index (χ0) is 14.4. The second-order valence-corrected chi connectivity index (χ2v) is 6.49. The number of benzene rings is 1. The van der Waals surface area contributed by atoms with Crippen LogP contribution in [0.4, 0.5) is 4.39 Å². The van der Waals surface area contributed by atoms with Gasteiger partial charge < -0.3 is 0 Å². The largest absolute Gasteiger partial charge is 0.245 e. The molecule has 3 aromatic rings. The van der Waals surface area contributed by atoms with E-state index in [2.05, 4.69) is 25.9 Å². The fourth-order valence-electron chi connectivity index (χ4n) is 1.32. The normalized spacial score (nSPS) is 9.45. The number of hydrogen-bond acceptors (Lipinski definition) is 5. The Kier molecular flexibility index (Phi) is 5.35. The van der Waals surface area contributed by atoms with Crippen LogP contribution in [0.2, 0.25) is 0 Å². The zero-order valence-corrected chi connectivity index (χ0v) is 13.2. The average molecular weight is 368 g/mol. The van der Waals surface area contributed by atoms with Gasteiger partial charge in [-0.3, -0.25) is 0 Å². The molecule has 0 radical (unpaired) electrons. The molecule has 3 rings (SSSR count). The third-order valence-electron chi connectivity index (χ3n) is 2.17. The topological polar surface area (TPSA) is 49.6 Å². The van der Waals surface area contributed by atoms with Crippen LogP contribution in [0.15, 0.2) is 45.3 Å². The Morgan fingerprint density at radius 3 is 2.40 bits per heavy atom. The molecule has 0 unspecified atom stereocenters. The van der Waals surface area contributed by atoms with Crippen molar-refractivity contribution >= 4 is 38.6 Å². The fraction of sp³-hybridized carbons (Fsp3) is 0. The minimum Gasteiger partial charge on any atom is -0.245 e. The van der Waals surface area contributed by atoms with Crippen molar-refractivity contribution in [3.63, 3.8) is 0 Å². The molecule has 1 aromatic carbocycles. The first-order valence-corrected chi connectivity index (χ1v) is 7.90. The molecule has 2 heterocycles. The summed E-state index contributed by atoms with van der Waals surface area (Å²) in [5, 5.41) is 13.2. The van der Waals surface area contributed by atoms with Crippen molar-refractivity contribution in [3.05, 3.63) is 56.7 Å². The van der Waals surface area contributed by atoms with Crippen molar-refractivity contribution in [2.45, 2.75) is 0 Å². The van der Waals surface area contributed by atoms with E-state index in [1.54, 1.807) is 35.9 Å². The lowest BCUT2D eigenvalue weighted by Gasteiger charge is -1.97. The highest BCUT2D eigenvalue weighted by Gasteiger charge is 2.05. The number of nitrogens with zero attached hydrogens (tertiary/aromatic N) is 3. The quantitative estimate of drug-likeness (QED) is 0.624. The summed E-state index contributed by atoms with van der Waals surface area (Å²) in [5.74, 6) is -0.493.